The van der Waals surface area contributed by atoms with Gasteiger partial charge in [0.15, 0.2) is 5.11 Å². The summed E-state index contributed by atoms with van der Waals surface area (Å²) in [5, 5.41) is 5.81. The summed E-state index contributed by atoms with van der Waals surface area (Å²) in [4.78, 5) is 11.6. The standard InChI is InChI=1S/C11H15N3OS/c1-7(2)13-10(15)8-3-5-9(6-4-8)14-11(12)16/h3-7H,1-2H3,(H,13,15)(H3,12,14,16). The zero-order valence-electron chi connectivity index (χ0n) is 9.28. The summed E-state index contributed by atoms with van der Waals surface area (Å²) in [6.07, 6.45) is 0. The molecule has 0 aliphatic rings. The second kappa shape index (κ2) is 5.46. The summed E-state index contributed by atoms with van der Waals surface area (Å²) in [5.74, 6) is -0.0862. The van der Waals surface area contributed by atoms with Crippen molar-refractivity contribution < 1.29 is 4.79 Å². The molecule has 0 spiro atoms. The monoisotopic (exact) mass is 237 g/mol. The van der Waals surface area contributed by atoms with Gasteiger partial charge in [0.25, 0.3) is 5.91 Å². The third-order valence-corrected chi connectivity index (χ3v) is 1.94. The molecule has 0 saturated carbocycles. The molecule has 86 valence electrons. The summed E-state index contributed by atoms with van der Waals surface area (Å²) in [6, 6.07) is 7.08. The van der Waals surface area contributed by atoms with Crippen molar-refractivity contribution in [2.75, 3.05) is 5.32 Å². The molecular formula is C11H15N3OS. The number of carbonyl (C=O) groups is 1. The predicted octanol–water partition coefficient (Wildman–Crippen LogP) is 1.48. The molecule has 0 unspecified atom stereocenters. The van der Waals surface area contributed by atoms with Crippen LogP contribution in [0, 0.1) is 0 Å². The van der Waals surface area contributed by atoms with E-state index < -0.39 is 0 Å². The molecule has 0 saturated heterocycles. The van der Waals surface area contributed by atoms with Gasteiger partial charge in [-0.2, -0.15) is 0 Å². The van der Waals surface area contributed by atoms with E-state index in [1.807, 2.05) is 13.8 Å². The van der Waals surface area contributed by atoms with E-state index in [0.29, 0.717) is 5.56 Å². The van der Waals surface area contributed by atoms with E-state index in [2.05, 4.69) is 10.6 Å². The molecule has 0 aromatic heterocycles. The molecular weight excluding hydrogens is 222 g/mol. The number of benzene rings is 1. The molecule has 1 aromatic rings. The lowest BCUT2D eigenvalue weighted by Crippen LogP contribution is -2.30. The first kappa shape index (κ1) is 12.4. The number of hydrogen-bond donors (Lipinski definition) is 3. The Morgan fingerprint density at radius 2 is 1.88 bits per heavy atom. The maximum Gasteiger partial charge on any atom is 0.251 e. The molecule has 5 heteroatoms. The normalized spacial score (nSPS) is 9.94. The zero-order chi connectivity index (χ0) is 12.1. The predicted molar refractivity (Wildman–Crippen MR) is 69.5 cm³/mol. The Bertz CT molecular complexity index is 387. The Morgan fingerprint density at radius 3 is 2.31 bits per heavy atom. The van der Waals surface area contributed by atoms with Crippen molar-refractivity contribution in [2.45, 2.75) is 19.9 Å². The summed E-state index contributed by atoms with van der Waals surface area (Å²) < 4.78 is 0. The highest BCUT2D eigenvalue weighted by molar-refractivity contribution is 7.80. The minimum atomic E-state index is -0.0862. The molecule has 1 amide bonds. The molecule has 0 radical (unpaired) electrons. The maximum absolute atomic E-state index is 11.6. The molecule has 0 fully saturated rings. The van der Waals surface area contributed by atoms with Crippen LogP contribution in [-0.4, -0.2) is 17.1 Å². The summed E-state index contributed by atoms with van der Waals surface area (Å²) in [7, 11) is 0. The quantitative estimate of drug-likeness (QED) is 0.697. The summed E-state index contributed by atoms with van der Waals surface area (Å²) in [5.41, 5.74) is 6.71. The Hall–Kier alpha value is -1.62. The van der Waals surface area contributed by atoms with E-state index in [1.54, 1.807) is 24.3 Å². The van der Waals surface area contributed by atoms with Crippen molar-refractivity contribution in [1.82, 2.24) is 5.32 Å². The zero-order valence-corrected chi connectivity index (χ0v) is 10.1. The smallest absolute Gasteiger partial charge is 0.251 e. The van der Waals surface area contributed by atoms with Crippen LogP contribution in [0.1, 0.15) is 24.2 Å². The van der Waals surface area contributed by atoms with E-state index in [-0.39, 0.29) is 17.1 Å². The van der Waals surface area contributed by atoms with E-state index >= 15 is 0 Å². The molecule has 4 N–H and O–H groups in total. The second-order valence-electron chi connectivity index (χ2n) is 3.69. The molecule has 0 aliphatic heterocycles. The van der Waals surface area contributed by atoms with Gasteiger partial charge in [0.05, 0.1) is 0 Å². The number of nitrogens with two attached hydrogens (primary N) is 1. The van der Waals surface area contributed by atoms with Crippen molar-refractivity contribution in [1.29, 1.82) is 0 Å². The highest BCUT2D eigenvalue weighted by atomic mass is 32.1. The van der Waals surface area contributed by atoms with Crippen molar-refractivity contribution in [3.8, 4) is 0 Å². The molecule has 16 heavy (non-hydrogen) atoms. The van der Waals surface area contributed by atoms with Gasteiger partial charge in [0.1, 0.15) is 0 Å². The van der Waals surface area contributed by atoms with Gasteiger partial charge in [0, 0.05) is 17.3 Å². The fourth-order valence-corrected chi connectivity index (χ4v) is 1.31. The molecule has 1 rings (SSSR count). The van der Waals surface area contributed by atoms with Crippen molar-refractivity contribution in [2.24, 2.45) is 5.73 Å². The Kier molecular flexibility index (Phi) is 4.25. The summed E-state index contributed by atoms with van der Waals surface area (Å²) in [6.45, 7) is 3.83. The van der Waals surface area contributed by atoms with Crippen LogP contribution in [0.5, 0.6) is 0 Å². The molecule has 4 nitrogen and oxygen atoms in total. The van der Waals surface area contributed by atoms with Crippen LogP contribution in [0.15, 0.2) is 24.3 Å². The number of thiocarbonyl (C=S) groups is 1. The number of rotatable bonds is 3. The van der Waals surface area contributed by atoms with E-state index in [4.69, 9.17) is 18.0 Å². The third kappa shape index (κ3) is 3.86. The first-order chi connectivity index (χ1) is 7.49. The number of nitrogens with one attached hydrogen (secondary N) is 2. The van der Waals surface area contributed by atoms with Gasteiger partial charge in [0.2, 0.25) is 0 Å². The minimum Gasteiger partial charge on any atom is -0.376 e. The van der Waals surface area contributed by atoms with Gasteiger partial charge in [-0.3, -0.25) is 4.79 Å². The van der Waals surface area contributed by atoms with E-state index in [1.165, 1.54) is 0 Å². The highest BCUT2D eigenvalue weighted by Crippen LogP contribution is 2.09. The average molecular weight is 237 g/mol. The van der Waals surface area contributed by atoms with E-state index in [9.17, 15) is 4.79 Å². The van der Waals surface area contributed by atoms with Crippen LogP contribution in [0.25, 0.3) is 0 Å². The second-order valence-corrected chi connectivity index (χ2v) is 4.13. The molecule has 0 heterocycles. The third-order valence-electron chi connectivity index (χ3n) is 1.83. The minimum absolute atomic E-state index is 0.0862. The van der Waals surface area contributed by atoms with Crippen LogP contribution in [0.2, 0.25) is 0 Å². The van der Waals surface area contributed by atoms with Gasteiger partial charge in [-0.25, -0.2) is 0 Å². The SMILES string of the molecule is CC(C)NC(=O)c1ccc(NC(N)=S)cc1. The topological polar surface area (TPSA) is 67.2 Å². The van der Waals surface area contributed by atoms with Crippen LogP contribution in [-0.2, 0) is 0 Å². The van der Waals surface area contributed by atoms with Crippen LogP contribution < -0.4 is 16.4 Å². The number of anilines is 1. The highest BCUT2D eigenvalue weighted by Gasteiger charge is 2.06. The van der Waals surface area contributed by atoms with Gasteiger partial charge in [-0.05, 0) is 50.3 Å². The Labute approximate surface area is 100 Å². The number of hydrogen-bond acceptors (Lipinski definition) is 2. The van der Waals surface area contributed by atoms with Gasteiger partial charge in [-0.15, -0.1) is 0 Å². The maximum atomic E-state index is 11.6. The lowest BCUT2D eigenvalue weighted by atomic mass is 10.2. The van der Waals surface area contributed by atoms with Crippen molar-refractivity contribution >= 4 is 28.9 Å². The largest absolute Gasteiger partial charge is 0.376 e. The number of carbonyl (C=O) groups excluding carboxylic acids is 1. The lowest BCUT2D eigenvalue weighted by Gasteiger charge is -2.09. The molecule has 0 bridgehead atoms. The first-order valence-electron chi connectivity index (χ1n) is 4.96. The molecule has 0 aliphatic carbocycles. The Balaban J connectivity index is 2.71. The van der Waals surface area contributed by atoms with Crippen molar-refractivity contribution in [3.63, 3.8) is 0 Å². The van der Waals surface area contributed by atoms with Crippen LogP contribution in [0.4, 0.5) is 5.69 Å². The average Bonchev–Trinajstić information content (AvgIpc) is 2.16. The van der Waals surface area contributed by atoms with Crippen molar-refractivity contribution in [3.05, 3.63) is 29.8 Å². The fourth-order valence-electron chi connectivity index (χ4n) is 1.19. The lowest BCUT2D eigenvalue weighted by molar-refractivity contribution is 0.0943. The Morgan fingerprint density at radius 1 is 1.31 bits per heavy atom. The first-order valence-corrected chi connectivity index (χ1v) is 5.37. The van der Waals surface area contributed by atoms with Crippen LogP contribution >= 0.6 is 12.2 Å². The van der Waals surface area contributed by atoms with Gasteiger partial charge >= 0.3 is 0 Å². The fraction of sp³-hybridized carbons (Fsp3) is 0.273. The molecule has 1 aromatic carbocycles. The van der Waals surface area contributed by atoms with Gasteiger partial charge in [-0.1, -0.05) is 0 Å². The molecule has 0 atom stereocenters. The summed E-state index contributed by atoms with van der Waals surface area (Å²) >= 11 is 4.71. The van der Waals surface area contributed by atoms with Gasteiger partial charge < -0.3 is 16.4 Å². The van der Waals surface area contributed by atoms with Crippen LogP contribution in [0.3, 0.4) is 0 Å². The van der Waals surface area contributed by atoms with E-state index in [0.717, 1.165) is 5.69 Å². The number of amides is 1.